The van der Waals surface area contributed by atoms with E-state index in [9.17, 15) is 9.59 Å². The monoisotopic (exact) mass is 225 g/mol. The zero-order chi connectivity index (χ0) is 12.1. The Morgan fingerprint density at radius 1 is 1.06 bits per heavy atom. The summed E-state index contributed by atoms with van der Waals surface area (Å²) in [6.07, 6.45) is 3.86. The molecule has 2 aromatic heterocycles. The third-order valence-electron chi connectivity index (χ3n) is 2.17. The summed E-state index contributed by atoms with van der Waals surface area (Å²) in [6.45, 7) is 0. The maximum Gasteiger partial charge on any atom is 0.188 e. The van der Waals surface area contributed by atoms with E-state index in [1.807, 2.05) is 0 Å². The molecular weight excluding hydrogens is 216 g/mol. The molecule has 0 N–H and O–H groups in total. The van der Waals surface area contributed by atoms with E-state index >= 15 is 0 Å². The lowest BCUT2D eigenvalue weighted by atomic mass is 10.1. The molecule has 0 aromatic carbocycles. The van der Waals surface area contributed by atoms with Crippen molar-refractivity contribution in [1.82, 2.24) is 9.97 Å². The average Bonchev–Trinajstić information content (AvgIpc) is 2.40. The number of rotatable bonds is 4. The number of aromatic nitrogens is 2. The SMILES string of the molecule is O=C(CC(=O)c1ccccn1)c1ccc[c]n1. The molecule has 0 amide bonds. The van der Waals surface area contributed by atoms with Crippen molar-refractivity contribution in [3.05, 3.63) is 60.2 Å². The maximum absolute atomic E-state index is 11.7. The lowest BCUT2D eigenvalue weighted by Gasteiger charge is -1.99. The summed E-state index contributed by atoms with van der Waals surface area (Å²) in [6, 6.07) is 9.82. The van der Waals surface area contributed by atoms with Crippen molar-refractivity contribution >= 4 is 11.6 Å². The fourth-order valence-electron chi connectivity index (χ4n) is 1.34. The second-order valence-corrected chi connectivity index (χ2v) is 3.39. The molecule has 0 spiro atoms. The standard InChI is InChI=1S/C13H9N2O2/c16-12(10-5-1-3-7-14-10)9-13(17)11-6-2-4-8-15-11/h1-7H,9H2. The van der Waals surface area contributed by atoms with Gasteiger partial charge in [-0.2, -0.15) is 0 Å². The smallest absolute Gasteiger partial charge is 0.188 e. The van der Waals surface area contributed by atoms with Gasteiger partial charge in [0.15, 0.2) is 11.6 Å². The predicted molar refractivity (Wildman–Crippen MR) is 60.6 cm³/mol. The van der Waals surface area contributed by atoms with Gasteiger partial charge in [0.25, 0.3) is 0 Å². The lowest BCUT2D eigenvalue weighted by molar-refractivity contribution is 0.0888. The molecular formula is C13H9N2O2. The zero-order valence-corrected chi connectivity index (χ0v) is 8.96. The highest BCUT2D eigenvalue weighted by Crippen LogP contribution is 2.04. The molecule has 0 atom stereocenters. The van der Waals surface area contributed by atoms with E-state index in [-0.39, 0.29) is 23.7 Å². The number of carbonyl (C=O) groups is 2. The minimum atomic E-state index is -0.322. The predicted octanol–water partition coefficient (Wildman–Crippen LogP) is 1.73. The van der Waals surface area contributed by atoms with Gasteiger partial charge in [-0.05, 0) is 24.3 Å². The molecule has 2 heterocycles. The normalized spacial score (nSPS) is 9.88. The molecule has 0 saturated heterocycles. The van der Waals surface area contributed by atoms with Crippen molar-refractivity contribution < 1.29 is 9.59 Å². The fourth-order valence-corrected chi connectivity index (χ4v) is 1.34. The van der Waals surface area contributed by atoms with Crippen LogP contribution in [0.2, 0.25) is 0 Å². The van der Waals surface area contributed by atoms with Gasteiger partial charge < -0.3 is 0 Å². The number of hydrogen-bond acceptors (Lipinski definition) is 4. The second-order valence-electron chi connectivity index (χ2n) is 3.39. The van der Waals surface area contributed by atoms with Gasteiger partial charge in [0, 0.05) is 6.20 Å². The van der Waals surface area contributed by atoms with Crippen LogP contribution in [-0.2, 0) is 0 Å². The first-order valence-corrected chi connectivity index (χ1v) is 5.08. The Hall–Kier alpha value is -2.36. The molecule has 83 valence electrons. The van der Waals surface area contributed by atoms with Crippen LogP contribution in [0, 0.1) is 6.20 Å². The highest BCUT2D eigenvalue weighted by atomic mass is 16.1. The minimum Gasteiger partial charge on any atom is -0.292 e. The lowest BCUT2D eigenvalue weighted by Crippen LogP contribution is -2.10. The largest absolute Gasteiger partial charge is 0.292 e. The Labute approximate surface area is 98.3 Å². The molecule has 1 radical (unpaired) electrons. The maximum atomic E-state index is 11.7. The third-order valence-corrected chi connectivity index (χ3v) is 2.17. The molecule has 0 bridgehead atoms. The molecule has 0 aliphatic rings. The average molecular weight is 225 g/mol. The van der Waals surface area contributed by atoms with E-state index in [1.165, 1.54) is 6.20 Å². The van der Waals surface area contributed by atoms with Gasteiger partial charge >= 0.3 is 0 Å². The van der Waals surface area contributed by atoms with Crippen molar-refractivity contribution in [2.75, 3.05) is 0 Å². The summed E-state index contributed by atoms with van der Waals surface area (Å²) in [5, 5.41) is 0. The van der Waals surface area contributed by atoms with Crippen LogP contribution in [0.25, 0.3) is 0 Å². The van der Waals surface area contributed by atoms with E-state index in [2.05, 4.69) is 16.2 Å². The van der Waals surface area contributed by atoms with Gasteiger partial charge in [0.1, 0.15) is 11.4 Å². The summed E-state index contributed by atoms with van der Waals surface area (Å²) in [5.74, 6) is -0.626. The quantitative estimate of drug-likeness (QED) is 0.587. The Balaban J connectivity index is 2.08. The molecule has 0 unspecified atom stereocenters. The van der Waals surface area contributed by atoms with Crippen molar-refractivity contribution in [3.8, 4) is 0 Å². The molecule has 0 saturated carbocycles. The topological polar surface area (TPSA) is 59.9 Å². The Morgan fingerprint density at radius 3 is 2.47 bits per heavy atom. The molecule has 2 aromatic rings. The van der Waals surface area contributed by atoms with Crippen LogP contribution >= 0.6 is 0 Å². The second kappa shape index (κ2) is 5.12. The van der Waals surface area contributed by atoms with Crippen LogP contribution in [0.1, 0.15) is 27.4 Å². The van der Waals surface area contributed by atoms with E-state index in [1.54, 1.807) is 36.4 Å². The molecule has 0 fully saturated rings. The summed E-state index contributed by atoms with van der Waals surface area (Å²) in [7, 11) is 0. The van der Waals surface area contributed by atoms with Crippen molar-refractivity contribution in [1.29, 1.82) is 0 Å². The van der Waals surface area contributed by atoms with Crippen molar-refractivity contribution in [2.45, 2.75) is 6.42 Å². The van der Waals surface area contributed by atoms with Crippen LogP contribution in [0.4, 0.5) is 0 Å². The minimum absolute atomic E-state index is 0.220. The summed E-state index contributed by atoms with van der Waals surface area (Å²) in [4.78, 5) is 31.1. The van der Waals surface area contributed by atoms with Crippen molar-refractivity contribution in [2.24, 2.45) is 0 Å². The van der Waals surface area contributed by atoms with Gasteiger partial charge in [0.05, 0.1) is 12.6 Å². The van der Waals surface area contributed by atoms with Gasteiger partial charge in [0.2, 0.25) is 0 Å². The van der Waals surface area contributed by atoms with Gasteiger partial charge in [-0.15, -0.1) is 0 Å². The van der Waals surface area contributed by atoms with Crippen LogP contribution in [0.3, 0.4) is 0 Å². The Bertz CT molecular complexity index is 474. The summed E-state index contributed by atoms with van der Waals surface area (Å²) >= 11 is 0. The van der Waals surface area contributed by atoms with Crippen molar-refractivity contribution in [3.63, 3.8) is 0 Å². The number of hydrogen-bond donors (Lipinski definition) is 0. The van der Waals surface area contributed by atoms with Crippen LogP contribution < -0.4 is 0 Å². The number of nitrogens with zero attached hydrogens (tertiary/aromatic N) is 2. The van der Waals surface area contributed by atoms with E-state index in [4.69, 9.17) is 0 Å². The molecule has 2 rings (SSSR count). The number of Topliss-reactive ketones (excluding diaryl/α,β-unsaturated/α-hetero) is 2. The number of carbonyl (C=O) groups excluding carboxylic acids is 2. The Kier molecular flexibility index (Phi) is 3.35. The van der Waals surface area contributed by atoms with E-state index in [0.717, 1.165) is 0 Å². The molecule has 4 heteroatoms. The van der Waals surface area contributed by atoms with E-state index in [0.29, 0.717) is 5.69 Å². The molecule has 0 aliphatic carbocycles. The van der Waals surface area contributed by atoms with Crippen LogP contribution in [0.5, 0.6) is 0 Å². The summed E-state index contributed by atoms with van der Waals surface area (Å²) in [5.41, 5.74) is 0.539. The first-order valence-electron chi connectivity index (χ1n) is 5.08. The van der Waals surface area contributed by atoms with E-state index < -0.39 is 0 Å². The fraction of sp³-hybridized carbons (Fsp3) is 0.0769. The highest BCUT2D eigenvalue weighted by Gasteiger charge is 2.14. The third kappa shape index (κ3) is 2.81. The van der Waals surface area contributed by atoms with Gasteiger partial charge in [-0.25, -0.2) is 4.98 Å². The zero-order valence-electron chi connectivity index (χ0n) is 8.96. The number of pyridine rings is 2. The van der Waals surface area contributed by atoms with Crippen LogP contribution in [0.15, 0.2) is 42.6 Å². The highest BCUT2D eigenvalue weighted by molar-refractivity contribution is 6.12. The number of ketones is 2. The Morgan fingerprint density at radius 2 is 1.82 bits per heavy atom. The molecule has 0 aliphatic heterocycles. The van der Waals surface area contributed by atoms with Gasteiger partial charge in [-0.1, -0.05) is 12.1 Å². The molecule has 4 nitrogen and oxygen atoms in total. The molecule has 17 heavy (non-hydrogen) atoms. The van der Waals surface area contributed by atoms with Gasteiger partial charge in [-0.3, -0.25) is 14.6 Å². The summed E-state index contributed by atoms with van der Waals surface area (Å²) < 4.78 is 0. The first kappa shape index (κ1) is 11.1. The first-order chi connectivity index (χ1) is 8.27. The van der Waals surface area contributed by atoms with Crippen LogP contribution in [-0.4, -0.2) is 21.5 Å².